The maximum atomic E-state index is 6.35. The molecule has 0 heterocycles. The van der Waals surface area contributed by atoms with Crippen LogP contribution in [-0.2, 0) is 5.54 Å². The molecule has 0 unspecified atom stereocenters. The normalized spacial score (nSPS) is 22.0. The number of benzene rings is 1. The first-order chi connectivity index (χ1) is 8.16. The van der Waals surface area contributed by atoms with Gasteiger partial charge in [-0.25, -0.2) is 0 Å². The standard InChI is InChI=1S/C14H18BrNO/c15-12-6-11(14(16)4-1-5-14)7-13(8-12)17-9-10-2-3-10/h6-8,10H,1-5,9,16H2. The van der Waals surface area contributed by atoms with Crippen LogP contribution in [0.3, 0.4) is 0 Å². The lowest BCUT2D eigenvalue weighted by Gasteiger charge is -2.38. The molecule has 0 saturated heterocycles. The molecule has 3 rings (SSSR count). The number of nitrogens with two attached hydrogens (primary N) is 1. The molecule has 0 amide bonds. The van der Waals surface area contributed by atoms with Crippen LogP contribution in [0.2, 0.25) is 0 Å². The molecule has 1 aromatic rings. The number of halogens is 1. The summed E-state index contributed by atoms with van der Waals surface area (Å²) in [5.41, 5.74) is 7.46. The topological polar surface area (TPSA) is 35.2 Å². The smallest absolute Gasteiger partial charge is 0.120 e. The molecule has 1 aromatic carbocycles. The SMILES string of the molecule is NC1(c2cc(Br)cc(OCC3CC3)c2)CCC1. The minimum atomic E-state index is -0.110. The van der Waals surface area contributed by atoms with Crippen LogP contribution >= 0.6 is 15.9 Å². The molecular weight excluding hydrogens is 278 g/mol. The quantitative estimate of drug-likeness (QED) is 0.921. The van der Waals surface area contributed by atoms with E-state index in [0.717, 1.165) is 35.6 Å². The van der Waals surface area contributed by atoms with Gasteiger partial charge in [0.2, 0.25) is 0 Å². The van der Waals surface area contributed by atoms with Gasteiger partial charge in [-0.05, 0) is 61.8 Å². The summed E-state index contributed by atoms with van der Waals surface area (Å²) in [7, 11) is 0. The average molecular weight is 296 g/mol. The Bertz CT molecular complexity index is 424. The molecule has 2 nitrogen and oxygen atoms in total. The molecule has 0 atom stereocenters. The van der Waals surface area contributed by atoms with Gasteiger partial charge in [0.1, 0.15) is 5.75 Å². The van der Waals surface area contributed by atoms with E-state index >= 15 is 0 Å². The molecule has 0 radical (unpaired) electrons. The van der Waals surface area contributed by atoms with Crippen LogP contribution in [0.5, 0.6) is 5.75 Å². The molecule has 17 heavy (non-hydrogen) atoms. The highest BCUT2D eigenvalue weighted by Gasteiger charge is 2.34. The Morgan fingerprint density at radius 2 is 2.06 bits per heavy atom. The average Bonchev–Trinajstić information content (AvgIpc) is 3.06. The van der Waals surface area contributed by atoms with E-state index in [2.05, 4.69) is 28.1 Å². The summed E-state index contributed by atoms with van der Waals surface area (Å²) in [5, 5.41) is 0. The fraction of sp³-hybridized carbons (Fsp3) is 0.571. The van der Waals surface area contributed by atoms with Gasteiger partial charge in [0.05, 0.1) is 6.61 Å². The first-order valence-corrected chi connectivity index (χ1v) is 7.18. The van der Waals surface area contributed by atoms with Gasteiger partial charge in [0, 0.05) is 10.0 Å². The molecule has 0 bridgehead atoms. The van der Waals surface area contributed by atoms with E-state index in [9.17, 15) is 0 Å². The summed E-state index contributed by atoms with van der Waals surface area (Å²) < 4.78 is 6.90. The van der Waals surface area contributed by atoms with E-state index in [1.54, 1.807) is 0 Å². The van der Waals surface area contributed by atoms with Crippen LogP contribution in [-0.4, -0.2) is 6.61 Å². The second-order valence-corrected chi connectivity index (χ2v) is 6.36. The Hall–Kier alpha value is -0.540. The first kappa shape index (κ1) is 11.5. The summed E-state index contributed by atoms with van der Waals surface area (Å²) in [4.78, 5) is 0. The fourth-order valence-electron chi connectivity index (χ4n) is 2.28. The highest BCUT2D eigenvalue weighted by atomic mass is 79.9. The van der Waals surface area contributed by atoms with Gasteiger partial charge in [-0.1, -0.05) is 15.9 Å². The zero-order valence-corrected chi connectivity index (χ0v) is 11.5. The molecule has 2 fully saturated rings. The second-order valence-electron chi connectivity index (χ2n) is 5.44. The van der Waals surface area contributed by atoms with E-state index in [0.29, 0.717) is 0 Å². The van der Waals surface area contributed by atoms with Gasteiger partial charge in [0.25, 0.3) is 0 Å². The van der Waals surface area contributed by atoms with Crippen LogP contribution in [0.4, 0.5) is 0 Å². The summed E-state index contributed by atoms with van der Waals surface area (Å²) in [6.45, 7) is 0.855. The molecular formula is C14H18BrNO. The lowest BCUT2D eigenvalue weighted by molar-refractivity contribution is 0.250. The van der Waals surface area contributed by atoms with Crippen molar-refractivity contribution in [3.63, 3.8) is 0 Å². The predicted molar refractivity (Wildman–Crippen MR) is 72.1 cm³/mol. The van der Waals surface area contributed by atoms with E-state index in [1.165, 1.54) is 24.8 Å². The van der Waals surface area contributed by atoms with Crippen molar-refractivity contribution in [2.75, 3.05) is 6.61 Å². The van der Waals surface area contributed by atoms with Gasteiger partial charge < -0.3 is 10.5 Å². The largest absolute Gasteiger partial charge is 0.493 e. The predicted octanol–water partition coefficient (Wildman–Crippen LogP) is 3.58. The van der Waals surface area contributed by atoms with Crippen molar-refractivity contribution in [1.29, 1.82) is 0 Å². The first-order valence-electron chi connectivity index (χ1n) is 6.38. The molecule has 2 saturated carbocycles. The molecule has 0 aliphatic heterocycles. The Kier molecular flexibility index (Phi) is 2.91. The van der Waals surface area contributed by atoms with Crippen molar-refractivity contribution in [2.24, 2.45) is 11.7 Å². The van der Waals surface area contributed by atoms with E-state index in [4.69, 9.17) is 10.5 Å². The molecule has 2 aliphatic rings. The van der Waals surface area contributed by atoms with Crippen LogP contribution < -0.4 is 10.5 Å². The maximum absolute atomic E-state index is 6.35. The summed E-state index contributed by atoms with van der Waals surface area (Å²) >= 11 is 3.55. The summed E-state index contributed by atoms with van der Waals surface area (Å²) in [6.07, 6.45) is 6.06. The molecule has 2 aliphatic carbocycles. The number of rotatable bonds is 4. The monoisotopic (exact) mass is 295 g/mol. The highest BCUT2D eigenvalue weighted by molar-refractivity contribution is 9.10. The second kappa shape index (κ2) is 4.29. The zero-order valence-electron chi connectivity index (χ0n) is 9.92. The van der Waals surface area contributed by atoms with Gasteiger partial charge in [-0.2, -0.15) is 0 Å². The third kappa shape index (κ3) is 2.50. The number of hydrogen-bond acceptors (Lipinski definition) is 2. The molecule has 0 aromatic heterocycles. The van der Waals surface area contributed by atoms with Crippen molar-refractivity contribution < 1.29 is 4.74 Å². The Balaban J connectivity index is 1.78. The van der Waals surface area contributed by atoms with Gasteiger partial charge in [-0.3, -0.25) is 0 Å². The molecule has 3 heteroatoms. The maximum Gasteiger partial charge on any atom is 0.120 e. The van der Waals surface area contributed by atoms with E-state index in [1.807, 2.05) is 6.07 Å². The van der Waals surface area contributed by atoms with Crippen molar-refractivity contribution in [2.45, 2.75) is 37.6 Å². The zero-order chi connectivity index (χ0) is 11.9. The van der Waals surface area contributed by atoms with Crippen molar-refractivity contribution in [1.82, 2.24) is 0 Å². The third-order valence-electron chi connectivity index (χ3n) is 3.87. The lowest BCUT2D eigenvalue weighted by atomic mass is 9.73. The highest BCUT2D eigenvalue weighted by Crippen LogP contribution is 2.41. The van der Waals surface area contributed by atoms with Gasteiger partial charge >= 0.3 is 0 Å². The van der Waals surface area contributed by atoms with Crippen molar-refractivity contribution in [3.8, 4) is 5.75 Å². The minimum absolute atomic E-state index is 0.110. The molecule has 0 spiro atoms. The minimum Gasteiger partial charge on any atom is -0.493 e. The number of hydrogen-bond donors (Lipinski definition) is 1. The van der Waals surface area contributed by atoms with Crippen LogP contribution in [0, 0.1) is 5.92 Å². The van der Waals surface area contributed by atoms with Gasteiger partial charge in [-0.15, -0.1) is 0 Å². The van der Waals surface area contributed by atoms with Crippen molar-refractivity contribution in [3.05, 3.63) is 28.2 Å². The number of ether oxygens (including phenoxy) is 1. The summed E-state index contributed by atoms with van der Waals surface area (Å²) in [5.74, 6) is 1.74. The third-order valence-corrected chi connectivity index (χ3v) is 4.33. The van der Waals surface area contributed by atoms with E-state index in [-0.39, 0.29) is 5.54 Å². The lowest BCUT2D eigenvalue weighted by Crippen LogP contribution is -2.43. The summed E-state index contributed by atoms with van der Waals surface area (Å²) in [6, 6.07) is 6.28. The van der Waals surface area contributed by atoms with Gasteiger partial charge in [0.15, 0.2) is 0 Å². The molecule has 92 valence electrons. The Labute approximate surface area is 111 Å². The van der Waals surface area contributed by atoms with Crippen LogP contribution in [0.15, 0.2) is 22.7 Å². The van der Waals surface area contributed by atoms with Crippen LogP contribution in [0.1, 0.15) is 37.7 Å². The van der Waals surface area contributed by atoms with Crippen molar-refractivity contribution >= 4 is 15.9 Å². The van der Waals surface area contributed by atoms with Crippen LogP contribution in [0.25, 0.3) is 0 Å². The fourth-order valence-corrected chi connectivity index (χ4v) is 2.75. The molecule has 2 N–H and O–H groups in total. The van der Waals surface area contributed by atoms with E-state index < -0.39 is 0 Å². The Morgan fingerprint density at radius 3 is 2.65 bits per heavy atom. The Morgan fingerprint density at radius 1 is 1.29 bits per heavy atom.